The predicted octanol–water partition coefficient (Wildman–Crippen LogP) is 3.83. The van der Waals surface area contributed by atoms with Crippen molar-refractivity contribution in [3.8, 4) is 0 Å². The molecule has 1 rings (SSSR count). The van der Waals surface area contributed by atoms with Crippen LogP contribution in [0, 0.1) is 0 Å². The molecule has 0 aliphatic carbocycles. The van der Waals surface area contributed by atoms with E-state index in [1.165, 1.54) is 6.07 Å². The summed E-state index contributed by atoms with van der Waals surface area (Å²) >= 11 is 0. The summed E-state index contributed by atoms with van der Waals surface area (Å²) < 4.78 is 25.9. The number of alkyl halides is 2. The van der Waals surface area contributed by atoms with Crippen LogP contribution in [0.4, 0.5) is 20.2 Å². The Hall–Kier alpha value is -1.32. The number of nitrogen functional groups attached to an aromatic ring is 1. The Morgan fingerprint density at radius 3 is 2.53 bits per heavy atom. The quantitative estimate of drug-likeness (QED) is 0.768. The van der Waals surface area contributed by atoms with Crippen LogP contribution in [0.3, 0.4) is 0 Å². The fraction of sp³-hybridized carbons (Fsp3) is 0.538. The molecule has 0 atom stereocenters. The van der Waals surface area contributed by atoms with E-state index in [2.05, 4.69) is 6.92 Å². The molecule has 0 aromatic heterocycles. The van der Waals surface area contributed by atoms with Gasteiger partial charge in [0.15, 0.2) is 0 Å². The molecule has 0 aliphatic rings. The molecular formula is C13H20F2N2. The van der Waals surface area contributed by atoms with Gasteiger partial charge in [0.05, 0.1) is 0 Å². The molecule has 0 saturated carbocycles. The van der Waals surface area contributed by atoms with Crippen molar-refractivity contribution >= 4 is 11.4 Å². The van der Waals surface area contributed by atoms with Crippen LogP contribution >= 0.6 is 0 Å². The van der Waals surface area contributed by atoms with Crippen LogP contribution in [0.5, 0.6) is 0 Å². The Labute approximate surface area is 101 Å². The van der Waals surface area contributed by atoms with Gasteiger partial charge in [-0.2, -0.15) is 0 Å². The summed E-state index contributed by atoms with van der Waals surface area (Å²) in [5, 5.41) is 0. The van der Waals surface area contributed by atoms with Crippen molar-refractivity contribution in [1.29, 1.82) is 0 Å². The number of nitrogens with two attached hydrogens (primary N) is 1. The first-order chi connectivity index (χ1) is 8.10. The van der Waals surface area contributed by atoms with E-state index < -0.39 is 6.43 Å². The van der Waals surface area contributed by atoms with Crippen molar-refractivity contribution < 1.29 is 8.78 Å². The minimum atomic E-state index is -2.48. The van der Waals surface area contributed by atoms with E-state index in [9.17, 15) is 8.78 Å². The van der Waals surface area contributed by atoms with Gasteiger partial charge in [-0.1, -0.05) is 13.3 Å². The van der Waals surface area contributed by atoms with Gasteiger partial charge in [0.25, 0.3) is 6.43 Å². The van der Waals surface area contributed by atoms with E-state index in [-0.39, 0.29) is 5.56 Å². The van der Waals surface area contributed by atoms with Crippen LogP contribution in [-0.2, 0) is 0 Å². The molecule has 0 bridgehead atoms. The lowest BCUT2D eigenvalue weighted by Gasteiger charge is -2.25. The smallest absolute Gasteiger partial charge is 0.265 e. The summed E-state index contributed by atoms with van der Waals surface area (Å²) in [4.78, 5) is 1.98. The Bertz CT molecular complexity index is 353. The molecule has 0 radical (unpaired) electrons. The average molecular weight is 242 g/mol. The first kappa shape index (κ1) is 13.7. The first-order valence-corrected chi connectivity index (χ1v) is 6.02. The lowest BCUT2D eigenvalue weighted by atomic mass is 10.1. The third kappa shape index (κ3) is 3.58. The second-order valence-electron chi connectivity index (χ2n) is 4.05. The molecule has 96 valence electrons. The van der Waals surface area contributed by atoms with Crippen LogP contribution in [0.25, 0.3) is 0 Å². The molecule has 4 heteroatoms. The second-order valence-corrected chi connectivity index (χ2v) is 4.05. The normalized spacial score (nSPS) is 10.9. The molecule has 0 amide bonds. The molecule has 0 heterocycles. The largest absolute Gasteiger partial charge is 0.399 e. The topological polar surface area (TPSA) is 29.3 Å². The summed E-state index contributed by atoms with van der Waals surface area (Å²) in [6.45, 7) is 5.59. The zero-order chi connectivity index (χ0) is 12.8. The van der Waals surface area contributed by atoms with Crippen molar-refractivity contribution in [3.63, 3.8) is 0 Å². The maximum absolute atomic E-state index is 12.9. The van der Waals surface area contributed by atoms with E-state index in [1.807, 2.05) is 11.8 Å². The van der Waals surface area contributed by atoms with Gasteiger partial charge < -0.3 is 10.6 Å². The number of benzene rings is 1. The Balaban J connectivity index is 3.00. The summed E-state index contributed by atoms with van der Waals surface area (Å²) in [5.74, 6) is 0. The molecule has 0 fully saturated rings. The molecule has 1 aromatic rings. The van der Waals surface area contributed by atoms with Gasteiger partial charge in [0.2, 0.25) is 0 Å². The van der Waals surface area contributed by atoms with E-state index in [4.69, 9.17) is 5.73 Å². The van der Waals surface area contributed by atoms with Crippen LogP contribution < -0.4 is 10.6 Å². The van der Waals surface area contributed by atoms with E-state index in [0.717, 1.165) is 25.9 Å². The second kappa shape index (κ2) is 6.42. The first-order valence-electron chi connectivity index (χ1n) is 6.02. The van der Waals surface area contributed by atoms with Gasteiger partial charge in [-0.25, -0.2) is 8.78 Å². The molecular weight excluding hydrogens is 222 g/mol. The summed E-state index contributed by atoms with van der Waals surface area (Å²) in [6, 6.07) is 4.74. The van der Waals surface area contributed by atoms with Gasteiger partial charge in [-0.15, -0.1) is 0 Å². The number of halogens is 2. The number of unbranched alkanes of at least 4 members (excludes halogenated alkanes) is 1. The molecule has 2 N–H and O–H groups in total. The molecule has 2 nitrogen and oxygen atoms in total. The lowest BCUT2D eigenvalue weighted by molar-refractivity contribution is 0.152. The minimum Gasteiger partial charge on any atom is -0.399 e. The highest BCUT2D eigenvalue weighted by molar-refractivity contribution is 5.60. The van der Waals surface area contributed by atoms with Crippen LogP contribution in [-0.4, -0.2) is 13.1 Å². The zero-order valence-corrected chi connectivity index (χ0v) is 10.4. The summed E-state index contributed by atoms with van der Waals surface area (Å²) in [5.41, 5.74) is 6.57. The fourth-order valence-electron chi connectivity index (χ4n) is 1.83. The predicted molar refractivity (Wildman–Crippen MR) is 68.6 cm³/mol. The highest BCUT2D eigenvalue weighted by atomic mass is 19.3. The van der Waals surface area contributed by atoms with Crippen molar-refractivity contribution in [2.75, 3.05) is 23.7 Å². The standard InChI is InChI=1S/C13H20F2N2/c1-3-5-8-17(4-2)12-7-6-10(16)9-11(12)13(14)15/h6-7,9,13H,3-5,8,16H2,1-2H3. The molecule has 1 aromatic carbocycles. The highest BCUT2D eigenvalue weighted by Crippen LogP contribution is 2.31. The van der Waals surface area contributed by atoms with Crippen molar-refractivity contribution in [1.82, 2.24) is 0 Å². The Morgan fingerprint density at radius 1 is 1.29 bits per heavy atom. The van der Waals surface area contributed by atoms with Gasteiger partial charge in [0, 0.05) is 30.0 Å². The SMILES string of the molecule is CCCCN(CC)c1ccc(N)cc1C(F)F. The lowest BCUT2D eigenvalue weighted by Crippen LogP contribution is -2.25. The van der Waals surface area contributed by atoms with Crippen molar-refractivity contribution in [2.24, 2.45) is 0 Å². The van der Waals surface area contributed by atoms with Crippen molar-refractivity contribution in [2.45, 2.75) is 33.1 Å². The fourth-order valence-corrected chi connectivity index (χ4v) is 1.83. The van der Waals surface area contributed by atoms with E-state index in [0.29, 0.717) is 11.4 Å². The van der Waals surface area contributed by atoms with Crippen LogP contribution in [0.1, 0.15) is 38.7 Å². The maximum Gasteiger partial charge on any atom is 0.265 e. The Morgan fingerprint density at radius 2 is 2.00 bits per heavy atom. The van der Waals surface area contributed by atoms with E-state index >= 15 is 0 Å². The molecule has 17 heavy (non-hydrogen) atoms. The average Bonchev–Trinajstić information content (AvgIpc) is 2.31. The Kier molecular flexibility index (Phi) is 5.19. The number of hydrogen-bond donors (Lipinski definition) is 1. The van der Waals surface area contributed by atoms with Crippen LogP contribution in [0.2, 0.25) is 0 Å². The van der Waals surface area contributed by atoms with Crippen LogP contribution in [0.15, 0.2) is 18.2 Å². The minimum absolute atomic E-state index is 0.0305. The number of hydrogen-bond acceptors (Lipinski definition) is 2. The van der Waals surface area contributed by atoms with Gasteiger partial charge in [-0.05, 0) is 31.5 Å². The molecule has 0 spiro atoms. The third-order valence-electron chi connectivity index (χ3n) is 2.79. The zero-order valence-electron chi connectivity index (χ0n) is 10.4. The number of anilines is 2. The van der Waals surface area contributed by atoms with E-state index in [1.54, 1.807) is 12.1 Å². The number of nitrogens with zero attached hydrogens (tertiary/aromatic N) is 1. The molecule has 0 unspecified atom stereocenters. The highest BCUT2D eigenvalue weighted by Gasteiger charge is 2.16. The third-order valence-corrected chi connectivity index (χ3v) is 2.79. The summed E-state index contributed by atoms with van der Waals surface area (Å²) in [6.07, 6.45) is -0.430. The maximum atomic E-state index is 12.9. The molecule has 0 aliphatic heterocycles. The van der Waals surface area contributed by atoms with Crippen molar-refractivity contribution in [3.05, 3.63) is 23.8 Å². The monoisotopic (exact) mass is 242 g/mol. The molecule has 0 saturated heterocycles. The van der Waals surface area contributed by atoms with Gasteiger partial charge >= 0.3 is 0 Å². The van der Waals surface area contributed by atoms with Gasteiger partial charge in [0.1, 0.15) is 0 Å². The summed E-state index contributed by atoms with van der Waals surface area (Å²) in [7, 11) is 0. The van der Waals surface area contributed by atoms with Gasteiger partial charge in [-0.3, -0.25) is 0 Å². The number of rotatable bonds is 6.